The Morgan fingerprint density at radius 3 is 2.70 bits per heavy atom. The van der Waals surface area contributed by atoms with E-state index in [-0.39, 0.29) is 11.9 Å². The fourth-order valence-electron chi connectivity index (χ4n) is 2.06. The third-order valence-electron chi connectivity index (χ3n) is 3.36. The maximum absolute atomic E-state index is 12.0. The van der Waals surface area contributed by atoms with Crippen LogP contribution in [0.2, 0.25) is 0 Å². The average molecular weight is 319 g/mol. The Morgan fingerprint density at radius 1 is 1.22 bits per heavy atom. The van der Waals surface area contributed by atoms with Crippen molar-refractivity contribution in [3.05, 3.63) is 47.9 Å². The van der Waals surface area contributed by atoms with Crippen LogP contribution < -0.4 is 14.8 Å². The Balaban J connectivity index is 2.05. The monoisotopic (exact) mass is 319 g/mol. The van der Waals surface area contributed by atoms with E-state index in [9.17, 15) is 4.79 Å². The van der Waals surface area contributed by atoms with Crippen molar-refractivity contribution in [2.45, 2.75) is 13.0 Å². The van der Waals surface area contributed by atoms with Crippen LogP contribution in [0, 0.1) is 0 Å². The maximum atomic E-state index is 12.0. The molecule has 1 aromatic carbocycles. The SMILES string of the molecule is COCCOc1ccc([C@H](C)NC(=O)c2ccoc2)cc1OC. The molecule has 1 N–H and O–H groups in total. The van der Waals surface area contributed by atoms with Gasteiger partial charge in [0.2, 0.25) is 0 Å². The molecule has 23 heavy (non-hydrogen) atoms. The molecule has 2 rings (SSSR count). The summed E-state index contributed by atoms with van der Waals surface area (Å²) in [6, 6.07) is 7.01. The number of nitrogens with one attached hydrogen (secondary N) is 1. The van der Waals surface area contributed by atoms with E-state index < -0.39 is 0 Å². The van der Waals surface area contributed by atoms with E-state index in [0.29, 0.717) is 30.3 Å². The number of furan rings is 1. The van der Waals surface area contributed by atoms with Crippen LogP contribution in [0.25, 0.3) is 0 Å². The molecule has 0 fully saturated rings. The lowest BCUT2D eigenvalue weighted by Gasteiger charge is -2.17. The smallest absolute Gasteiger partial charge is 0.255 e. The van der Waals surface area contributed by atoms with Gasteiger partial charge in [-0.15, -0.1) is 0 Å². The first-order valence-electron chi connectivity index (χ1n) is 7.28. The number of amides is 1. The van der Waals surface area contributed by atoms with Gasteiger partial charge in [0.25, 0.3) is 5.91 Å². The molecular weight excluding hydrogens is 298 g/mol. The molecule has 1 atom stereocenters. The van der Waals surface area contributed by atoms with E-state index in [4.69, 9.17) is 18.6 Å². The van der Waals surface area contributed by atoms with E-state index >= 15 is 0 Å². The summed E-state index contributed by atoms with van der Waals surface area (Å²) < 4.78 is 20.8. The Morgan fingerprint density at radius 2 is 2.04 bits per heavy atom. The largest absolute Gasteiger partial charge is 0.493 e. The normalized spacial score (nSPS) is 11.8. The molecule has 1 amide bonds. The van der Waals surface area contributed by atoms with Crippen molar-refractivity contribution >= 4 is 5.91 Å². The zero-order valence-electron chi connectivity index (χ0n) is 13.5. The molecule has 124 valence electrons. The molecule has 6 heteroatoms. The second-order valence-corrected chi connectivity index (χ2v) is 4.96. The first kappa shape index (κ1) is 16.9. The summed E-state index contributed by atoms with van der Waals surface area (Å²) in [4.78, 5) is 12.0. The van der Waals surface area contributed by atoms with E-state index in [1.165, 1.54) is 12.5 Å². The first-order chi connectivity index (χ1) is 11.2. The second kappa shape index (κ2) is 8.24. The van der Waals surface area contributed by atoms with Gasteiger partial charge in [-0.3, -0.25) is 4.79 Å². The third-order valence-corrected chi connectivity index (χ3v) is 3.36. The van der Waals surface area contributed by atoms with Crippen LogP contribution in [0.5, 0.6) is 11.5 Å². The molecule has 6 nitrogen and oxygen atoms in total. The van der Waals surface area contributed by atoms with Gasteiger partial charge in [-0.05, 0) is 30.7 Å². The fourth-order valence-corrected chi connectivity index (χ4v) is 2.06. The molecule has 0 unspecified atom stereocenters. The summed E-state index contributed by atoms with van der Waals surface area (Å²) in [5.74, 6) is 1.07. The van der Waals surface area contributed by atoms with Gasteiger partial charge in [0, 0.05) is 7.11 Å². The van der Waals surface area contributed by atoms with Crippen LogP contribution in [0.3, 0.4) is 0 Å². The quantitative estimate of drug-likeness (QED) is 0.758. The topological polar surface area (TPSA) is 69.9 Å². The minimum Gasteiger partial charge on any atom is -0.493 e. The Labute approximate surface area is 135 Å². The van der Waals surface area contributed by atoms with Crippen LogP contribution in [0.15, 0.2) is 41.2 Å². The van der Waals surface area contributed by atoms with Gasteiger partial charge in [-0.2, -0.15) is 0 Å². The van der Waals surface area contributed by atoms with Gasteiger partial charge >= 0.3 is 0 Å². The number of benzene rings is 1. The van der Waals surface area contributed by atoms with Crippen molar-refractivity contribution in [3.8, 4) is 11.5 Å². The number of hydrogen-bond donors (Lipinski definition) is 1. The highest BCUT2D eigenvalue weighted by atomic mass is 16.5. The lowest BCUT2D eigenvalue weighted by Crippen LogP contribution is -2.26. The zero-order chi connectivity index (χ0) is 16.7. The lowest BCUT2D eigenvalue weighted by molar-refractivity contribution is 0.0939. The van der Waals surface area contributed by atoms with Crippen LogP contribution in [0.4, 0.5) is 0 Å². The van der Waals surface area contributed by atoms with Crippen molar-refractivity contribution < 1.29 is 23.4 Å². The molecular formula is C17H21NO5. The summed E-state index contributed by atoms with van der Waals surface area (Å²) in [5, 5.41) is 2.91. The molecule has 0 radical (unpaired) electrons. The van der Waals surface area contributed by atoms with E-state index in [1.54, 1.807) is 20.3 Å². The van der Waals surface area contributed by atoms with Crippen LogP contribution >= 0.6 is 0 Å². The molecule has 0 bridgehead atoms. The first-order valence-corrected chi connectivity index (χ1v) is 7.28. The molecule has 0 aliphatic rings. The van der Waals surface area contributed by atoms with E-state index in [1.807, 2.05) is 25.1 Å². The van der Waals surface area contributed by atoms with Gasteiger partial charge in [-0.25, -0.2) is 0 Å². The Hall–Kier alpha value is -2.47. The average Bonchev–Trinajstić information content (AvgIpc) is 3.09. The minimum atomic E-state index is -0.189. The van der Waals surface area contributed by atoms with Crippen molar-refractivity contribution in [1.82, 2.24) is 5.32 Å². The Kier molecular flexibility index (Phi) is 6.05. The summed E-state index contributed by atoms with van der Waals surface area (Å²) in [6.45, 7) is 2.85. The summed E-state index contributed by atoms with van der Waals surface area (Å²) >= 11 is 0. The summed E-state index contributed by atoms with van der Waals surface area (Å²) in [5.41, 5.74) is 1.40. The van der Waals surface area contributed by atoms with E-state index in [2.05, 4.69) is 5.32 Å². The fraction of sp³-hybridized carbons (Fsp3) is 0.353. The maximum Gasteiger partial charge on any atom is 0.255 e. The number of rotatable bonds is 8. The standard InChI is InChI=1S/C17H21NO5/c1-12(18-17(19)14-6-7-22-11-14)13-4-5-15(16(10-13)21-3)23-9-8-20-2/h4-7,10-12H,8-9H2,1-3H3,(H,18,19)/t12-/m0/s1. The molecule has 1 heterocycles. The Bertz CT molecular complexity index is 624. The highest BCUT2D eigenvalue weighted by Crippen LogP contribution is 2.30. The minimum absolute atomic E-state index is 0.181. The molecule has 0 saturated heterocycles. The zero-order valence-corrected chi connectivity index (χ0v) is 13.5. The number of carbonyl (C=O) groups excluding carboxylic acids is 1. The number of ether oxygens (including phenoxy) is 3. The molecule has 0 aliphatic heterocycles. The van der Waals surface area contributed by atoms with Crippen molar-refractivity contribution in [2.75, 3.05) is 27.4 Å². The van der Waals surface area contributed by atoms with Gasteiger partial charge in [0.1, 0.15) is 12.9 Å². The van der Waals surface area contributed by atoms with Crippen LogP contribution in [-0.4, -0.2) is 33.3 Å². The predicted octanol–water partition coefficient (Wildman–Crippen LogP) is 2.80. The number of hydrogen-bond acceptors (Lipinski definition) is 5. The van der Waals surface area contributed by atoms with Gasteiger partial charge in [0.15, 0.2) is 11.5 Å². The molecule has 2 aromatic rings. The van der Waals surface area contributed by atoms with Crippen molar-refractivity contribution in [3.63, 3.8) is 0 Å². The predicted molar refractivity (Wildman–Crippen MR) is 85.0 cm³/mol. The van der Waals surface area contributed by atoms with Gasteiger partial charge in [0.05, 0.1) is 31.6 Å². The number of methoxy groups -OCH3 is 2. The van der Waals surface area contributed by atoms with Crippen molar-refractivity contribution in [1.29, 1.82) is 0 Å². The lowest BCUT2D eigenvalue weighted by atomic mass is 10.1. The molecule has 0 aliphatic carbocycles. The van der Waals surface area contributed by atoms with Gasteiger partial charge < -0.3 is 23.9 Å². The molecule has 0 spiro atoms. The molecule has 1 aromatic heterocycles. The molecule has 0 saturated carbocycles. The van der Waals surface area contributed by atoms with Crippen LogP contribution in [-0.2, 0) is 4.74 Å². The second-order valence-electron chi connectivity index (χ2n) is 4.96. The van der Waals surface area contributed by atoms with Crippen molar-refractivity contribution in [2.24, 2.45) is 0 Å². The summed E-state index contributed by atoms with van der Waals surface area (Å²) in [6.07, 6.45) is 2.88. The summed E-state index contributed by atoms with van der Waals surface area (Å²) in [7, 11) is 3.20. The van der Waals surface area contributed by atoms with Crippen LogP contribution in [0.1, 0.15) is 28.9 Å². The van der Waals surface area contributed by atoms with E-state index in [0.717, 1.165) is 5.56 Å². The highest BCUT2D eigenvalue weighted by Gasteiger charge is 2.14. The van der Waals surface area contributed by atoms with Gasteiger partial charge in [-0.1, -0.05) is 6.07 Å². The third kappa shape index (κ3) is 4.50. The number of carbonyl (C=O) groups is 1. The highest BCUT2D eigenvalue weighted by molar-refractivity contribution is 5.94.